The largest absolute Gasteiger partial charge is 0.375 e. The maximum atomic E-state index is 13.6. The molecule has 150 valence electrons. The van der Waals surface area contributed by atoms with Crippen LogP contribution in [0.1, 0.15) is 69.0 Å². The van der Waals surface area contributed by atoms with Gasteiger partial charge in [0.25, 0.3) is 0 Å². The van der Waals surface area contributed by atoms with E-state index < -0.39 is 5.82 Å². The fourth-order valence-corrected chi connectivity index (χ4v) is 5.29. The molecule has 2 aliphatic rings. The van der Waals surface area contributed by atoms with Gasteiger partial charge in [-0.05, 0) is 68.7 Å². The van der Waals surface area contributed by atoms with E-state index in [-0.39, 0.29) is 16.2 Å². The SMILES string of the molecule is Fc1cc(CCCCC2(c3ccccn3)CCOC3(CCCC3)C2)cnc1Cl. The number of unbranched alkanes of at least 4 members (excludes halogenated alkanes) is 1. The molecule has 5 heteroatoms. The van der Waals surface area contributed by atoms with E-state index in [9.17, 15) is 4.39 Å². The van der Waals surface area contributed by atoms with Gasteiger partial charge in [-0.2, -0.15) is 0 Å². The van der Waals surface area contributed by atoms with Crippen LogP contribution in [0.5, 0.6) is 0 Å². The third-order valence-electron chi connectivity index (χ3n) is 6.60. The summed E-state index contributed by atoms with van der Waals surface area (Å²) in [6.07, 6.45) is 14.6. The Morgan fingerprint density at radius 2 is 1.96 bits per heavy atom. The molecule has 1 saturated carbocycles. The van der Waals surface area contributed by atoms with Gasteiger partial charge < -0.3 is 4.74 Å². The van der Waals surface area contributed by atoms with Gasteiger partial charge in [-0.25, -0.2) is 9.37 Å². The van der Waals surface area contributed by atoms with Gasteiger partial charge in [0, 0.05) is 30.1 Å². The first-order chi connectivity index (χ1) is 13.6. The van der Waals surface area contributed by atoms with Crippen molar-refractivity contribution in [2.75, 3.05) is 6.61 Å². The van der Waals surface area contributed by atoms with Gasteiger partial charge in [-0.3, -0.25) is 4.98 Å². The van der Waals surface area contributed by atoms with Crippen LogP contribution in [0.2, 0.25) is 5.15 Å². The summed E-state index contributed by atoms with van der Waals surface area (Å²) in [6, 6.07) is 7.78. The lowest BCUT2D eigenvalue weighted by molar-refractivity contribution is -0.104. The Hall–Kier alpha value is -1.52. The molecule has 2 fully saturated rings. The van der Waals surface area contributed by atoms with Gasteiger partial charge in [-0.1, -0.05) is 36.9 Å². The summed E-state index contributed by atoms with van der Waals surface area (Å²) in [7, 11) is 0. The number of aryl methyl sites for hydroxylation is 1. The van der Waals surface area contributed by atoms with E-state index in [0.717, 1.165) is 50.7 Å². The maximum Gasteiger partial charge on any atom is 0.164 e. The van der Waals surface area contributed by atoms with Crippen molar-refractivity contribution in [1.29, 1.82) is 0 Å². The van der Waals surface area contributed by atoms with E-state index >= 15 is 0 Å². The zero-order chi connectivity index (χ0) is 19.5. The molecule has 0 bridgehead atoms. The minimum atomic E-state index is -0.434. The molecular formula is C23H28ClFN2O. The van der Waals surface area contributed by atoms with E-state index in [2.05, 4.69) is 17.1 Å². The Kier molecular flexibility index (Phi) is 5.98. The van der Waals surface area contributed by atoms with Gasteiger partial charge >= 0.3 is 0 Å². The van der Waals surface area contributed by atoms with Crippen LogP contribution < -0.4 is 0 Å². The second-order valence-electron chi connectivity index (χ2n) is 8.48. The highest BCUT2D eigenvalue weighted by molar-refractivity contribution is 6.29. The molecule has 28 heavy (non-hydrogen) atoms. The molecule has 1 aliphatic heterocycles. The van der Waals surface area contributed by atoms with Crippen molar-refractivity contribution in [3.63, 3.8) is 0 Å². The lowest BCUT2D eigenvalue weighted by atomic mass is 9.67. The first-order valence-electron chi connectivity index (χ1n) is 10.5. The molecule has 0 radical (unpaired) electrons. The minimum absolute atomic E-state index is 0.0538. The lowest BCUT2D eigenvalue weighted by Crippen LogP contribution is -2.46. The van der Waals surface area contributed by atoms with Crippen LogP contribution >= 0.6 is 11.6 Å². The van der Waals surface area contributed by atoms with E-state index in [1.54, 1.807) is 6.20 Å². The Balaban J connectivity index is 1.45. The highest BCUT2D eigenvalue weighted by Crippen LogP contribution is 2.50. The van der Waals surface area contributed by atoms with Crippen LogP contribution in [0, 0.1) is 5.82 Å². The quantitative estimate of drug-likeness (QED) is 0.436. The van der Waals surface area contributed by atoms with Crippen LogP contribution in [0.3, 0.4) is 0 Å². The summed E-state index contributed by atoms with van der Waals surface area (Å²) >= 11 is 5.68. The highest BCUT2D eigenvalue weighted by atomic mass is 35.5. The number of pyridine rings is 2. The smallest absolute Gasteiger partial charge is 0.164 e. The molecule has 0 aromatic carbocycles. The molecule has 1 unspecified atom stereocenters. The van der Waals surface area contributed by atoms with E-state index in [4.69, 9.17) is 21.3 Å². The number of ether oxygens (including phenoxy) is 1. The van der Waals surface area contributed by atoms with Gasteiger partial charge in [0.15, 0.2) is 11.0 Å². The second-order valence-corrected chi connectivity index (χ2v) is 8.84. The lowest BCUT2D eigenvalue weighted by Gasteiger charge is -2.46. The predicted molar refractivity (Wildman–Crippen MR) is 109 cm³/mol. The molecule has 3 heterocycles. The molecule has 0 N–H and O–H groups in total. The molecule has 3 nitrogen and oxygen atoms in total. The fraction of sp³-hybridized carbons (Fsp3) is 0.565. The summed E-state index contributed by atoms with van der Waals surface area (Å²) in [5, 5.41) is -0.0538. The number of aromatic nitrogens is 2. The average Bonchev–Trinajstić information content (AvgIpc) is 3.16. The summed E-state index contributed by atoms with van der Waals surface area (Å²) in [5.41, 5.74) is 2.27. The van der Waals surface area contributed by atoms with Gasteiger partial charge in [0.05, 0.1) is 5.60 Å². The maximum absolute atomic E-state index is 13.6. The topological polar surface area (TPSA) is 35.0 Å². The molecule has 2 aromatic rings. The average molecular weight is 403 g/mol. The summed E-state index contributed by atoms with van der Waals surface area (Å²) in [4.78, 5) is 8.68. The van der Waals surface area contributed by atoms with Gasteiger partial charge in [0.1, 0.15) is 0 Å². The Labute approximate surface area is 171 Å². The molecule has 0 amide bonds. The van der Waals surface area contributed by atoms with Crippen LogP contribution in [-0.4, -0.2) is 22.2 Å². The van der Waals surface area contributed by atoms with Crippen molar-refractivity contribution in [3.05, 3.63) is 58.9 Å². The van der Waals surface area contributed by atoms with Crippen molar-refractivity contribution >= 4 is 11.6 Å². The van der Waals surface area contributed by atoms with Crippen molar-refractivity contribution in [3.8, 4) is 0 Å². The van der Waals surface area contributed by atoms with Crippen LogP contribution in [0.25, 0.3) is 0 Å². The molecule has 1 atom stereocenters. The molecule has 4 rings (SSSR count). The first-order valence-corrected chi connectivity index (χ1v) is 10.8. The van der Waals surface area contributed by atoms with E-state index in [1.807, 2.05) is 12.3 Å². The van der Waals surface area contributed by atoms with Crippen LogP contribution in [-0.2, 0) is 16.6 Å². The summed E-state index contributed by atoms with van der Waals surface area (Å²) in [6.45, 7) is 0.822. The Morgan fingerprint density at radius 1 is 1.11 bits per heavy atom. The predicted octanol–water partition coefficient (Wildman–Crippen LogP) is 6.04. The van der Waals surface area contributed by atoms with Gasteiger partial charge in [-0.15, -0.1) is 0 Å². The fourth-order valence-electron chi connectivity index (χ4n) is 5.19. The number of rotatable bonds is 6. The number of halogens is 2. The molecule has 2 aromatic heterocycles. The zero-order valence-corrected chi connectivity index (χ0v) is 17.1. The normalized spacial score (nSPS) is 23.9. The molecule has 1 spiro atoms. The minimum Gasteiger partial charge on any atom is -0.375 e. The van der Waals surface area contributed by atoms with E-state index in [0.29, 0.717) is 0 Å². The molecule has 1 aliphatic carbocycles. The van der Waals surface area contributed by atoms with Crippen molar-refractivity contribution in [2.24, 2.45) is 0 Å². The van der Waals surface area contributed by atoms with Crippen molar-refractivity contribution < 1.29 is 9.13 Å². The number of hydrogen-bond donors (Lipinski definition) is 0. The second kappa shape index (κ2) is 8.46. The molecule has 1 saturated heterocycles. The number of nitrogens with zero attached hydrogens (tertiary/aromatic N) is 2. The van der Waals surface area contributed by atoms with Crippen LogP contribution in [0.4, 0.5) is 4.39 Å². The molecular weight excluding hydrogens is 375 g/mol. The standard InChI is InChI=1S/C23H28ClFN2O/c24-21-19(25)15-18(16-27-21)7-1-3-9-22(20-8-2-6-13-26-20)12-14-28-23(17-22)10-4-5-11-23/h2,6,8,13,15-16H,1,3-5,7,9-12,14,17H2. The first kappa shape index (κ1) is 19.8. The van der Waals surface area contributed by atoms with Crippen molar-refractivity contribution in [2.45, 2.75) is 75.2 Å². The zero-order valence-electron chi connectivity index (χ0n) is 16.3. The van der Waals surface area contributed by atoms with E-state index in [1.165, 1.54) is 37.4 Å². The third-order valence-corrected chi connectivity index (χ3v) is 6.87. The Bertz CT molecular complexity index is 794. The number of hydrogen-bond acceptors (Lipinski definition) is 3. The van der Waals surface area contributed by atoms with Crippen LogP contribution in [0.15, 0.2) is 36.7 Å². The third kappa shape index (κ3) is 4.23. The van der Waals surface area contributed by atoms with Crippen molar-refractivity contribution in [1.82, 2.24) is 9.97 Å². The monoisotopic (exact) mass is 402 g/mol. The Morgan fingerprint density at radius 3 is 2.71 bits per heavy atom. The highest BCUT2D eigenvalue weighted by Gasteiger charge is 2.48. The summed E-state index contributed by atoms with van der Waals surface area (Å²) in [5.74, 6) is -0.434. The summed E-state index contributed by atoms with van der Waals surface area (Å²) < 4.78 is 19.9. The van der Waals surface area contributed by atoms with Gasteiger partial charge in [0.2, 0.25) is 0 Å².